The third kappa shape index (κ3) is 5.65. The molecule has 25 heavy (non-hydrogen) atoms. The molecule has 0 bridgehead atoms. The molecule has 0 atom stereocenters. The number of nitrogens with one attached hydrogen (secondary N) is 1. The van der Waals surface area contributed by atoms with Crippen molar-refractivity contribution in [2.75, 3.05) is 5.32 Å². The molecule has 0 spiro atoms. The van der Waals surface area contributed by atoms with Crippen LogP contribution in [0.3, 0.4) is 0 Å². The minimum Gasteiger partial charge on any atom is -0.406 e. The van der Waals surface area contributed by atoms with Gasteiger partial charge < -0.3 is 10.1 Å². The van der Waals surface area contributed by atoms with Gasteiger partial charge in [0.25, 0.3) is 5.69 Å². The number of rotatable bonds is 5. The SMILES string of the molecule is O=C(/C=C/c1ccccc1[N+](=O)[O-])Nc1ccc(OC(F)(F)F)cc1. The van der Waals surface area contributed by atoms with E-state index in [0.29, 0.717) is 0 Å². The Labute approximate surface area is 139 Å². The Morgan fingerprint density at radius 1 is 1.12 bits per heavy atom. The normalized spacial score (nSPS) is 11.3. The quantitative estimate of drug-likeness (QED) is 0.498. The van der Waals surface area contributed by atoms with Gasteiger partial charge in [-0.05, 0) is 36.4 Å². The number of anilines is 1. The maximum Gasteiger partial charge on any atom is 0.573 e. The zero-order valence-corrected chi connectivity index (χ0v) is 12.5. The van der Waals surface area contributed by atoms with Gasteiger partial charge in [0.15, 0.2) is 0 Å². The Balaban J connectivity index is 2.02. The molecule has 0 radical (unpaired) electrons. The summed E-state index contributed by atoms with van der Waals surface area (Å²) in [5.74, 6) is -1.01. The van der Waals surface area contributed by atoms with Gasteiger partial charge in [-0.1, -0.05) is 12.1 Å². The van der Waals surface area contributed by atoms with E-state index < -0.39 is 22.9 Å². The number of nitro groups is 1. The fourth-order valence-electron chi connectivity index (χ4n) is 1.88. The zero-order chi connectivity index (χ0) is 18.4. The van der Waals surface area contributed by atoms with E-state index in [1.165, 1.54) is 36.4 Å². The van der Waals surface area contributed by atoms with Gasteiger partial charge in [-0.2, -0.15) is 0 Å². The molecule has 0 aliphatic carbocycles. The van der Waals surface area contributed by atoms with Crippen LogP contribution in [0.4, 0.5) is 24.5 Å². The second-order valence-corrected chi connectivity index (χ2v) is 4.71. The number of halogens is 3. The van der Waals surface area contributed by atoms with Crippen molar-refractivity contribution < 1.29 is 27.6 Å². The van der Waals surface area contributed by atoms with E-state index in [-0.39, 0.29) is 16.9 Å². The van der Waals surface area contributed by atoms with Crippen molar-refractivity contribution >= 4 is 23.4 Å². The van der Waals surface area contributed by atoms with Crippen LogP contribution in [0.2, 0.25) is 0 Å². The number of nitrogens with zero attached hydrogens (tertiary/aromatic N) is 1. The molecule has 0 aromatic heterocycles. The highest BCUT2D eigenvalue weighted by molar-refractivity contribution is 6.02. The molecule has 9 heteroatoms. The second kappa shape index (κ2) is 7.47. The third-order valence-electron chi connectivity index (χ3n) is 2.90. The third-order valence-corrected chi connectivity index (χ3v) is 2.90. The van der Waals surface area contributed by atoms with E-state index >= 15 is 0 Å². The minimum absolute atomic E-state index is 0.153. The van der Waals surface area contributed by atoms with E-state index in [1.54, 1.807) is 6.07 Å². The second-order valence-electron chi connectivity index (χ2n) is 4.71. The lowest BCUT2D eigenvalue weighted by molar-refractivity contribution is -0.385. The van der Waals surface area contributed by atoms with Gasteiger partial charge in [0, 0.05) is 17.8 Å². The van der Waals surface area contributed by atoms with Crippen LogP contribution in [0.15, 0.2) is 54.6 Å². The number of carbonyl (C=O) groups excluding carboxylic acids is 1. The smallest absolute Gasteiger partial charge is 0.406 e. The van der Waals surface area contributed by atoms with Crippen LogP contribution >= 0.6 is 0 Å². The van der Waals surface area contributed by atoms with Crippen LogP contribution in [-0.4, -0.2) is 17.2 Å². The molecule has 1 amide bonds. The topological polar surface area (TPSA) is 81.5 Å². The molecule has 0 aliphatic heterocycles. The Morgan fingerprint density at radius 3 is 2.36 bits per heavy atom. The van der Waals surface area contributed by atoms with Crippen LogP contribution in [0, 0.1) is 10.1 Å². The molecule has 1 N–H and O–H groups in total. The first-order valence-corrected chi connectivity index (χ1v) is 6.83. The van der Waals surface area contributed by atoms with Crippen molar-refractivity contribution in [3.05, 3.63) is 70.3 Å². The molecule has 2 aromatic rings. The van der Waals surface area contributed by atoms with Gasteiger partial charge in [0.2, 0.25) is 5.91 Å². The number of alkyl halides is 3. The number of ether oxygens (including phenoxy) is 1. The lowest BCUT2D eigenvalue weighted by Gasteiger charge is -2.09. The lowest BCUT2D eigenvalue weighted by Crippen LogP contribution is -2.17. The summed E-state index contributed by atoms with van der Waals surface area (Å²) in [6.07, 6.45) is -2.44. The molecule has 0 heterocycles. The number of para-hydroxylation sites is 1. The molecule has 2 rings (SSSR count). The number of hydrogen-bond donors (Lipinski definition) is 1. The van der Waals surface area contributed by atoms with E-state index in [4.69, 9.17) is 0 Å². The summed E-state index contributed by atoms with van der Waals surface area (Å²) in [6, 6.07) is 10.4. The molecule has 0 saturated heterocycles. The van der Waals surface area contributed by atoms with E-state index in [9.17, 15) is 28.1 Å². The fourth-order valence-corrected chi connectivity index (χ4v) is 1.88. The average Bonchev–Trinajstić information content (AvgIpc) is 2.53. The maximum absolute atomic E-state index is 12.1. The van der Waals surface area contributed by atoms with Gasteiger partial charge in [0.05, 0.1) is 10.5 Å². The van der Waals surface area contributed by atoms with Crippen molar-refractivity contribution in [2.24, 2.45) is 0 Å². The highest BCUT2D eigenvalue weighted by Gasteiger charge is 2.30. The molecular formula is C16H11F3N2O4. The monoisotopic (exact) mass is 352 g/mol. The first-order valence-electron chi connectivity index (χ1n) is 6.83. The molecule has 0 saturated carbocycles. The fraction of sp³-hybridized carbons (Fsp3) is 0.0625. The van der Waals surface area contributed by atoms with Crippen LogP contribution in [-0.2, 0) is 4.79 Å². The van der Waals surface area contributed by atoms with Crippen molar-refractivity contribution in [1.29, 1.82) is 0 Å². The number of amides is 1. The summed E-state index contributed by atoms with van der Waals surface area (Å²) < 4.78 is 39.9. The number of nitro benzene ring substituents is 1. The Hall–Kier alpha value is -3.36. The van der Waals surface area contributed by atoms with Crippen LogP contribution in [0.5, 0.6) is 5.75 Å². The van der Waals surface area contributed by atoms with Gasteiger partial charge in [-0.15, -0.1) is 13.2 Å². The average molecular weight is 352 g/mol. The Morgan fingerprint density at radius 2 is 1.76 bits per heavy atom. The number of carbonyl (C=O) groups is 1. The highest BCUT2D eigenvalue weighted by atomic mass is 19.4. The minimum atomic E-state index is -4.79. The standard InChI is InChI=1S/C16H11F3N2O4/c17-16(18,19)25-13-8-6-12(7-9-13)20-15(22)10-5-11-3-1-2-4-14(11)21(23)24/h1-10H,(H,20,22)/b10-5+. The van der Waals surface area contributed by atoms with E-state index in [1.807, 2.05) is 0 Å². The largest absolute Gasteiger partial charge is 0.573 e. The van der Waals surface area contributed by atoms with Crippen LogP contribution in [0.1, 0.15) is 5.56 Å². The molecular weight excluding hydrogens is 341 g/mol. The summed E-state index contributed by atoms with van der Waals surface area (Å²) in [5.41, 5.74) is 0.337. The van der Waals surface area contributed by atoms with E-state index in [2.05, 4.69) is 10.1 Å². The Bertz CT molecular complexity index is 802. The van der Waals surface area contributed by atoms with Crippen LogP contribution < -0.4 is 10.1 Å². The summed E-state index contributed by atoms with van der Waals surface area (Å²) >= 11 is 0. The van der Waals surface area contributed by atoms with Gasteiger partial charge >= 0.3 is 6.36 Å². The lowest BCUT2D eigenvalue weighted by atomic mass is 10.1. The molecule has 0 fully saturated rings. The Kier molecular flexibility index (Phi) is 5.38. The number of hydrogen-bond acceptors (Lipinski definition) is 4. The zero-order valence-electron chi connectivity index (χ0n) is 12.5. The molecule has 0 unspecified atom stereocenters. The maximum atomic E-state index is 12.1. The van der Waals surface area contributed by atoms with Gasteiger partial charge in [0.1, 0.15) is 5.75 Å². The van der Waals surface area contributed by atoms with Crippen molar-refractivity contribution in [1.82, 2.24) is 0 Å². The van der Waals surface area contributed by atoms with Gasteiger partial charge in [-0.3, -0.25) is 14.9 Å². The summed E-state index contributed by atoms with van der Waals surface area (Å²) in [5, 5.41) is 13.3. The van der Waals surface area contributed by atoms with Crippen molar-refractivity contribution in [3.63, 3.8) is 0 Å². The number of benzene rings is 2. The first-order chi connectivity index (χ1) is 11.7. The first kappa shape index (κ1) is 18.0. The van der Waals surface area contributed by atoms with Crippen LogP contribution in [0.25, 0.3) is 6.08 Å². The predicted molar refractivity (Wildman–Crippen MR) is 83.9 cm³/mol. The summed E-state index contributed by atoms with van der Waals surface area (Å²) in [7, 11) is 0. The molecule has 130 valence electrons. The highest BCUT2D eigenvalue weighted by Crippen LogP contribution is 2.24. The van der Waals surface area contributed by atoms with E-state index in [0.717, 1.165) is 18.2 Å². The summed E-state index contributed by atoms with van der Waals surface area (Å²) in [6.45, 7) is 0. The van der Waals surface area contributed by atoms with Gasteiger partial charge in [-0.25, -0.2) is 0 Å². The van der Waals surface area contributed by atoms with Crippen molar-refractivity contribution in [3.8, 4) is 5.75 Å². The predicted octanol–water partition coefficient (Wildman–Crippen LogP) is 4.15. The van der Waals surface area contributed by atoms with Crippen molar-refractivity contribution in [2.45, 2.75) is 6.36 Å². The molecule has 0 aliphatic rings. The molecule has 6 nitrogen and oxygen atoms in total. The molecule has 2 aromatic carbocycles. The summed E-state index contributed by atoms with van der Waals surface area (Å²) in [4.78, 5) is 22.1.